The first-order valence-corrected chi connectivity index (χ1v) is 11.0. The largest absolute Gasteiger partial charge is 0.378 e. The highest BCUT2D eigenvalue weighted by atomic mass is 16.6. The number of nitrogens with zero attached hydrogens (tertiary/aromatic N) is 1. The summed E-state index contributed by atoms with van der Waals surface area (Å²) in [5.41, 5.74) is 0. The van der Waals surface area contributed by atoms with Gasteiger partial charge in [0.2, 0.25) is 0 Å². The van der Waals surface area contributed by atoms with Gasteiger partial charge in [-0.3, -0.25) is 14.5 Å². The lowest BCUT2D eigenvalue weighted by molar-refractivity contribution is -0.137. The van der Waals surface area contributed by atoms with Crippen LogP contribution in [-0.4, -0.2) is 129 Å². The van der Waals surface area contributed by atoms with Gasteiger partial charge in [-0.05, 0) is 7.05 Å². The Balaban J connectivity index is 1.67. The van der Waals surface area contributed by atoms with Crippen molar-refractivity contribution in [3.05, 3.63) is 12.2 Å². The Morgan fingerprint density at radius 3 is 1.22 bits per heavy atom. The summed E-state index contributed by atoms with van der Waals surface area (Å²) in [6.07, 6.45) is 2.51. The van der Waals surface area contributed by atoms with Gasteiger partial charge in [0.15, 0.2) is 0 Å². The van der Waals surface area contributed by atoms with Gasteiger partial charge in [-0.25, -0.2) is 0 Å². The van der Waals surface area contributed by atoms with E-state index in [1.54, 1.807) is 0 Å². The minimum atomic E-state index is -0.300. The minimum absolute atomic E-state index is 0.249. The smallest absolute Gasteiger partial charge is 0.253 e. The number of carbonyl (C=O) groups excluding carboxylic acids is 2. The number of ether oxygens (including phenoxy) is 7. The molecule has 0 fully saturated rings. The molecule has 11 nitrogen and oxygen atoms in total. The first kappa shape index (κ1) is 28.6. The maximum absolute atomic E-state index is 11.3. The van der Waals surface area contributed by atoms with Crippen LogP contribution in [0.3, 0.4) is 0 Å². The van der Waals surface area contributed by atoms with Gasteiger partial charge >= 0.3 is 0 Å². The van der Waals surface area contributed by atoms with Crippen LogP contribution in [0.15, 0.2) is 12.2 Å². The van der Waals surface area contributed by atoms with Gasteiger partial charge in [0.25, 0.3) is 11.8 Å². The van der Waals surface area contributed by atoms with Gasteiger partial charge in [-0.1, -0.05) is 0 Å². The van der Waals surface area contributed by atoms with Crippen LogP contribution in [0.1, 0.15) is 0 Å². The molecular weight excluding hydrogens is 424 g/mol. The Hall–Kier alpha value is -1.44. The highest BCUT2D eigenvalue weighted by Gasteiger charge is 2.22. The first-order chi connectivity index (χ1) is 15.8. The van der Waals surface area contributed by atoms with Crippen molar-refractivity contribution in [1.29, 1.82) is 0 Å². The molecule has 0 atom stereocenters. The molecule has 1 N–H and O–H groups in total. The molecule has 2 amide bonds. The molecule has 1 aliphatic heterocycles. The third kappa shape index (κ3) is 16.2. The molecule has 0 aromatic heterocycles. The predicted octanol–water partition coefficient (Wildman–Crippen LogP) is -0.753. The number of carbonyl (C=O) groups is 2. The summed E-state index contributed by atoms with van der Waals surface area (Å²) < 4.78 is 37.7. The second-order valence-electron chi connectivity index (χ2n) is 6.55. The standard InChI is InChI=1S/C21H38N2O9/c1-22-4-6-26-8-10-28-12-14-30-16-18-32-19-17-31-15-13-29-11-9-27-7-5-23-20(24)2-3-21(23)25/h2-3,22H,4-19H2,1H3. The zero-order valence-corrected chi connectivity index (χ0v) is 19.1. The van der Waals surface area contributed by atoms with E-state index in [1.807, 2.05) is 7.05 Å². The molecule has 1 aliphatic rings. The Morgan fingerprint density at radius 1 is 0.562 bits per heavy atom. The SMILES string of the molecule is CNCCOCCOCCOCCOCCOCCOCCOCCN1C(=O)C=CC1=O. The summed E-state index contributed by atoms with van der Waals surface area (Å²) in [7, 11) is 1.89. The van der Waals surface area contributed by atoms with E-state index in [1.165, 1.54) is 12.2 Å². The van der Waals surface area contributed by atoms with E-state index in [4.69, 9.17) is 33.2 Å². The second-order valence-corrected chi connectivity index (χ2v) is 6.55. The minimum Gasteiger partial charge on any atom is -0.378 e. The van der Waals surface area contributed by atoms with E-state index in [0.29, 0.717) is 92.5 Å². The second kappa shape index (κ2) is 21.4. The molecule has 0 radical (unpaired) electrons. The molecule has 186 valence electrons. The van der Waals surface area contributed by atoms with Gasteiger partial charge in [0, 0.05) is 18.7 Å². The van der Waals surface area contributed by atoms with Crippen LogP contribution < -0.4 is 5.32 Å². The number of likely N-dealkylation sites (N-methyl/N-ethyl adjacent to an activating group) is 1. The molecule has 0 bridgehead atoms. The average molecular weight is 463 g/mol. The molecule has 11 heteroatoms. The molecule has 0 saturated heterocycles. The molecule has 1 heterocycles. The maximum atomic E-state index is 11.3. The normalized spacial score (nSPS) is 13.6. The number of imide groups is 1. The van der Waals surface area contributed by atoms with E-state index in [0.717, 1.165) is 11.4 Å². The Morgan fingerprint density at radius 2 is 0.875 bits per heavy atom. The van der Waals surface area contributed by atoms with Crippen LogP contribution in [0, 0.1) is 0 Å². The van der Waals surface area contributed by atoms with Crippen LogP contribution >= 0.6 is 0 Å². The molecule has 0 saturated carbocycles. The quantitative estimate of drug-likeness (QED) is 0.145. The van der Waals surface area contributed by atoms with Crippen molar-refractivity contribution in [2.75, 3.05) is 113 Å². The van der Waals surface area contributed by atoms with Crippen molar-refractivity contribution in [1.82, 2.24) is 10.2 Å². The Kier molecular flexibility index (Phi) is 19.1. The molecule has 0 aromatic rings. The average Bonchev–Trinajstić information content (AvgIpc) is 3.11. The number of hydrogen-bond acceptors (Lipinski definition) is 10. The van der Waals surface area contributed by atoms with E-state index < -0.39 is 0 Å². The van der Waals surface area contributed by atoms with Crippen LogP contribution in [0.4, 0.5) is 0 Å². The topological polar surface area (TPSA) is 114 Å². The zero-order chi connectivity index (χ0) is 23.1. The van der Waals surface area contributed by atoms with Crippen molar-refractivity contribution in [2.45, 2.75) is 0 Å². The highest BCUT2D eigenvalue weighted by Crippen LogP contribution is 2.02. The van der Waals surface area contributed by atoms with Gasteiger partial charge < -0.3 is 38.5 Å². The number of nitrogens with one attached hydrogen (secondary N) is 1. The third-order valence-electron chi connectivity index (χ3n) is 4.09. The molecule has 0 spiro atoms. The van der Waals surface area contributed by atoms with E-state index in [2.05, 4.69) is 5.32 Å². The van der Waals surface area contributed by atoms with Crippen molar-refractivity contribution < 1.29 is 42.7 Å². The van der Waals surface area contributed by atoms with E-state index in [9.17, 15) is 9.59 Å². The fourth-order valence-corrected chi connectivity index (χ4v) is 2.40. The van der Waals surface area contributed by atoms with Crippen molar-refractivity contribution in [3.63, 3.8) is 0 Å². The Bertz CT molecular complexity index is 488. The summed E-state index contributed by atoms with van der Waals surface area (Å²) in [4.78, 5) is 23.8. The van der Waals surface area contributed by atoms with Gasteiger partial charge in [-0.2, -0.15) is 0 Å². The summed E-state index contributed by atoms with van der Waals surface area (Å²) >= 11 is 0. The third-order valence-corrected chi connectivity index (χ3v) is 4.09. The Labute approximate surface area is 190 Å². The van der Waals surface area contributed by atoms with Crippen LogP contribution in [0.25, 0.3) is 0 Å². The lowest BCUT2D eigenvalue weighted by Crippen LogP contribution is -2.33. The molecule has 1 rings (SSSR count). The maximum Gasteiger partial charge on any atom is 0.253 e. The summed E-state index contributed by atoms with van der Waals surface area (Å²) in [6.45, 7) is 8.05. The molecule has 0 aromatic carbocycles. The van der Waals surface area contributed by atoms with Gasteiger partial charge in [-0.15, -0.1) is 0 Å². The van der Waals surface area contributed by atoms with Crippen molar-refractivity contribution in [2.24, 2.45) is 0 Å². The zero-order valence-electron chi connectivity index (χ0n) is 19.1. The number of hydrogen-bond donors (Lipinski definition) is 1. The lowest BCUT2D eigenvalue weighted by atomic mass is 10.5. The molecule has 0 unspecified atom stereocenters. The van der Waals surface area contributed by atoms with Crippen LogP contribution in [0.5, 0.6) is 0 Å². The lowest BCUT2D eigenvalue weighted by Gasteiger charge is -2.13. The van der Waals surface area contributed by atoms with Gasteiger partial charge in [0.1, 0.15) is 0 Å². The van der Waals surface area contributed by atoms with E-state index in [-0.39, 0.29) is 18.4 Å². The molecule has 32 heavy (non-hydrogen) atoms. The first-order valence-electron chi connectivity index (χ1n) is 11.0. The van der Waals surface area contributed by atoms with Crippen molar-refractivity contribution in [3.8, 4) is 0 Å². The predicted molar refractivity (Wildman–Crippen MR) is 116 cm³/mol. The monoisotopic (exact) mass is 462 g/mol. The summed E-state index contributed by atoms with van der Waals surface area (Å²) in [5.74, 6) is -0.600. The summed E-state index contributed by atoms with van der Waals surface area (Å²) in [6, 6.07) is 0. The number of rotatable bonds is 24. The van der Waals surface area contributed by atoms with Crippen LogP contribution in [0.2, 0.25) is 0 Å². The molecule has 0 aliphatic carbocycles. The van der Waals surface area contributed by atoms with Gasteiger partial charge in [0.05, 0.1) is 99.0 Å². The number of amides is 2. The fraction of sp³-hybridized carbons (Fsp3) is 0.810. The van der Waals surface area contributed by atoms with Crippen LogP contribution in [-0.2, 0) is 42.7 Å². The van der Waals surface area contributed by atoms with E-state index >= 15 is 0 Å². The molecular formula is C21H38N2O9. The van der Waals surface area contributed by atoms with Crippen molar-refractivity contribution >= 4 is 11.8 Å². The summed E-state index contributed by atoms with van der Waals surface area (Å²) in [5, 5.41) is 3.01. The fourth-order valence-electron chi connectivity index (χ4n) is 2.40. The highest BCUT2D eigenvalue weighted by molar-refractivity contribution is 6.12.